The molecule has 1 aromatic heterocycles. The minimum atomic E-state index is -0.409. The molecule has 0 fully saturated rings. The summed E-state index contributed by atoms with van der Waals surface area (Å²) in [6.45, 7) is 2.78. The number of anilines is 1. The average molecular weight is 309 g/mol. The molecule has 0 saturated carbocycles. The van der Waals surface area contributed by atoms with Crippen molar-refractivity contribution in [2.24, 2.45) is 0 Å². The first-order chi connectivity index (χ1) is 9.70. The molecule has 1 aromatic carbocycles. The molecule has 106 valence electrons. The molecule has 0 radical (unpaired) electrons. The Morgan fingerprint density at radius 1 is 1.45 bits per heavy atom. The maximum absolute atomic E-state index is 12.1. The van der Waals surface area contributed by atoms with Gasteiger partial charge in [-0.3, -0.25) is 10.00 Å². The van der Waals surface area contributed by atoms with E-state index in [0.29, 0.717) is 15.6 Å². The summed E-state index contributed by atoms with van der Waals surface area (Å²) in [6.07, 6.45) is 0.403. The molecular weight excluding hydrogens is 294 g/mol. The zero-order valence-corrected chi connectivity index (χ0v) is 12.7. The number of nitrogens with zero attached hydrogens (tertiary/aromatic N) is 2. The third-order valence-corrected chi connectivity index (χ3v) is 3.64. The summed E-state index contributed by atoms with van der Waals surface area (Å²) in [5, 5.41) is 7.23. The number of H-pyrrole nitrogens is 1. The van der Waals surface area contributed by atoms with Crippen molar-refractivity contribution in [3.05, 3.63) is 39.8 Å². The standard InChI is InChI=1S/C13H15N3O2S2/c1-2-8-16(11-14-15-12(19)20-11)13(17)18-9-10-6-4-3-5-7-10/h3-7H,2,8-9H2,1H3,(H,15,19). The van der Waals surface area contributed by atoms with Crippen molar-refractivity contribution in [2.75, 3.05) is 11.4 Å². The van der Waals surface area contributed by atoms with Crippen molar-refractivity contribution in [3.63, 3.8) is 0 Å². The van der Waals surface area contributed by atoms with E-state index in [2.05, 4.69) is 10.2 Å². The Bertz CT molecular complexity index is 609. The maximum Gasteiger partial charge on any atom is 0.416 e. The van der Waals surface area contributed by atoms with Gasteiger partial charge >= 0.3 is 6.09 Å². The van der Waals surface area contributed by atoms with Gasteiger partial charge in [0.05, 0.1) is 0 Å². The van der Waals surface area contributed by atoms with Gasteiger partial charge in [-0.2, -0.15) is 0 Å². The number of hydrogen-bond donors (Lipinski definition) is 1. The quantitative estimate of drug-likeness (QED) is 0.855. The first-order valence-electron chi connectivity index (χ1n) is 6.24. The van der Waals surface area contributed by atoms with Crippen molar-refractivity contribution in [2.45, 2.75) is 20.0 Å². The average Bonchev–Trinajstić information content (AvgIpc) is 2.89. The van der Waals surface area contributed by atoms with Gasteiger partial charge in [-0.1, -0.05) is 48.6 Å². The SMILES string of the molecule is CCCN(C(=O)OCc1ccccc1)c1n[nH]c(=S)s1. The van der Waals surface area contributed by atoms with Crippen LogP contribution < -0.4 is 4.90 Å². The lowest BCUT2D eigenvalue weighted by molar-refractivity contribution is 0.147. The summed E-state index contributed by atoms with van der Waals surface area (Å²) >= 11 is 6.24. The smallest absolute Gasteiger partial charge is 0.416 e. The third-order valence-electron chi connectivity index (χ3n) is 2.53. The van der Waals surface area contributed by atoms with E-state index in [9.17, 15) is 4.79 Å². The lowest BCUT2D eigenvalue weighted by Crippen LogP contribution is -2.32. The number of nitrogens with one attached hydrogen (secondary N) is 1. The Morgan fingerprint density at radius 2 is 2.20 bits per heavy atom. The molecule has 0 spiro atoms. The molecule has 0 unspecified atom stereocenters. The Labute approximate surface area is 126 Å². The minimum absolute atomic E-state index is 0.246. The highest BCUT2D eigenvalue weighted by atomic mass is 32.1. The number of hydrogen-bond acceptors (Lipinski definition) is 5. The largest absolute Gasteiger partial charge is 0.444 e. The highest BCUT2D eigenvalue weighted by molar-refractivity contribution is 7.73. The number of aromatic nitrogens is 2. The fraction of sp³-hybridized carbons (Fsp3) is 0.308. The van der Waals surface area contributed by atoms with Crippen molar-refractivity contribution in [3.8, 4) is 0 Å². The normalized spacial score (nSPS) is 10.2. The molecule has 2 rings (SSSR count). The van der Waals surface area contributed by atoms with Crippen molar-refractivity contribution >= 4 is 34.8 Å². The van der Waals surface area contributed by atoms with Gasteiger partial charge in [-0.15, -0.1) is 5.10 Å². The van der Waals surface area contributed by atoms with Gasteiger partial charge in [0, 0.05) is 6.54 Å². The zero-order chi connectivity index (χ0) is 14.4. The summed E-state index contributed by atoms with van der Waals surface area (Å²) < 4.78 is 5.85. The van der Waals surface area contributed by atoms with Crippen LogP contribution in [0.4, 0.5) is 9.93 Å². The topological polar surface area (TPSA) is 58.2 Å². The van der Waals surface area contributed by atoms with Gasteiger partial charge in [0.15, 0.2) is 3.95 Å². The summed E-state index contributed by atoms with van der Waals surface area (Å²) in [7, 11) is 0. The monoisotopic (exact) mass is 309 g/mol. The van der Waals surface area contributed by atoms with Crippen molar-refractivity contribution in [1.29, 1.82) is 0 Å². The first-order valence-corrected chi connectivity index (χ1v) is 7.47. The Kier molecular flexibility index (Phi) is 5.25. The van der Waals surface area contributed by atoms with Crippen LogP contribution in [0.5, 0.6) is 0 Å². The second kappa shape index (κ2) is 7.16. The lowest BCUT2D eigenvalue weighted by Gasteiger charge is -2.18. The number of aromatic amines is 1. The highest BCUT2D eigenvalue weighted by Gasteiger charge is 2.19. The lowest BCUT2D eigenvalue weighted by atomic mass is 10.2. The second-order valence-electron chi connectivity index (χ2n) is 4.09. The van der Waals surface area contributed by atoms with E-state index in [0.717, 1.165) is 12.0 Å². The summed E-state index contributed by atoms with van der Waals surface area (Å²) in [5.41, 5.74) is 0.951. The second-order valence-corrected chi connectivity index (χ2v) is 5.73. The van der Waals surface area contributed by atoms with E-state index >= 15 is 0 Å². The van der Waals surface area contributed by atoms with Crippen molar-refractivity contribution in [1.82, 2.24) is 10.2 Å². The number of carbonyl (C=O) groups excluding carboxylic acids is 1. The molecule has 7 heteroatoms. The molecule has 0 saturated heterocycles. The van der Waals surface area contributed by atoms with Crippen LogP contribution in [0.25, 0.3) is 0 Å². The number of rotatable bonds is 5. The zero-order valence-electron chi connectivity index (χ0n) is 11.0. The minimum Gasteiger partial charge on any atom is -0.444 e. The van der Waals surface area contributed by atoms with E-state index in [1.54, 1.807) is 0 Å². The van der Waals surface area contributed by atoms with Gasteiger partial charge in [0.1, 0.15) is 6.61 Å². The molecule has 0 aliphatic rings. The molecular formula is C13H15N3O2S2. The molecule has 1 heterocycles. The van der Waals surface area contributed by atoms with Gasteiger partial charge < -0.3 is 4.74 Å². The first kappa shape index (κ1) is 14.7. The van der Waals surface area contributed by atoms with Crippen LogP contribution in [-0.4, -0.2) is 22.8 Å². The number of ether oxygens (including phenoxy) is 1. The molecule has 0 aliphatic carbocycles. The van der Waals surface area contributed by atoms with E-state index in [4.69, 9.17) is 17.0 Å². The fourth-order valence-corrected chi connectivity index (χ4v) is 2.52. The number of carbonyl (C=O) groups is 1. The Balaban J connectivity index is 2.02. The molecule has 1 amide bonds. The van der Waals surface area contributed by atoms with Gasteiger partial charge in [0.25, 0.3) is 0 Å². The number of benzene rings is 1. The molecule has 5 nitrogen and oxygen atoms in total. The van der Waals surface area contributed by atoms with Crippen LogP contribution in [0.1, 0.15) is 18.9 Å². The Hall–Kier alpha value is -1.73. The van der Waals surface area contributed by atoms with Gasteiger partial charge in [-0.25, -0.2) is 4.79 Å². The molecule has 2 aromatic rings. The van der Waals surface area contributed by atoms with Crippen LogP contribution in [-0.2, 0) is 11.3 Å². The summed E-state index contributed by atoms with van der Waals surface area (Å²) in [5.74, 6) is 0. The molecule has 0 atom stereocenters. The molecule has 0 aliphatic heterocycles. The van der Waals surface area contributed by atoms with Gasteiger partial charge in [0.2, 0.25) is 5.13 Å². The van der Waals surface area contributed by atoms with Crippen LogP contribution in [0.15, 0.2) is 30.3 Å². The molecule has 20 heavy (non-hydrogen) atoms. The number of amides is 1. The summed E-state index contributed by atoms with van der Waals surface area (Å²) in [4.78, 5) is 13.6. The Morgan fingerprint density at radius 3 is 2.80 bits per heavy atom. The molecule has 0 bridgehead atoms. The van der Waals surface area contributed by atoms with E-state index < -0.39 is 6.09 Å². The van der Waals surface area contributed by atoms with Gasteiger partial charge in [-0.05, 0) is 24.2 Å². The van der Waals surface area contributed by atoms with E-state index in [1.165, 1.54) is 16.2 Å². The van der Waals surface area contributed by atoms with Crippen LogP contribution in [0.2, 0.25) is 0 Å². The predicted molar refractivity (Wildman–Crippen MR) is 81.6 cm³/mol. The summed E-state index contributed by atoms with van der Waals surface area (Å²) in [6, 6.07) is 9.57. The highest BCUT2D eigenvalue weighted by Crippen LogP contribution is 2.19. The van der Waals surface area contributed by atoms with Crippen molar-refractivity contribution < 1.29 is 9.53 Å². The van der Waals surface area contributed by atoms with E-state index in [-0.39, 0.29) is 6.61 Å². The van der Waals surface area contributed by atoms with Crippen LogP contribution in [0.3, 0.4) is 0 Å². The third kappa shape index (κ3) is 3.88. The predicted octanol–water partition coefficient (Wildman–Crippen LogP) is 3.75. The fourth-order valence-electron chi connectivity index (χ4n) is 1.62. The van der Waals surface area contributed by atoms with Crippen LogP contribution >= 0.6 is 23.6 Å². The van der Waals surface area contributed by atoms with E-state index in [1.807, 2.05) is 37.3 Å². The maximum atomic E-state index is 12.1. The van der Waals surface area contributed by atoms with Crippen LogP contribution in [0, 0.1) is 3.95 Å². The molecule has 1 N–H and O–H groups in total.